The molecule has 0 saturated carbocycles. The molecule has 1 heterocycles. The first-order valence-corrected chi connectivity index (χ1v) is 9.14. The van der Waals surface area contributed by atoms with Gasteiger partial charge >= 0.3 is 0 Å². The fraction of sp³-hybridized carbons (Fsp3) is 0.167. The van der Waals surface area contributed by atoms with Gasteiger partial charge in [0.25, 0.3) is 0 Å². The fourth-order valence-electron chi connectivity index (χ4n) is 2.34. The molecule has 0 atom stereocenters. The number of nitrogens with zero attached hydrogens (tertiary/aromatic N) is 2. The van der Waals surface area contributed by atoms with Crippen molar-refractivity contribution in [1.29, 1.82) is 0 Å². The summed E-state index contributed by atoms with van der Waals surface area (Å²) in [6.45, 7) is 1.23. The van der Waals surface area contributed by atoms with Gasteiger partial charge in [0.2, 0.25) is 0 Å². The molecule has 121 valence electrons. The van der Waals surface area contributed by atoms with E-state index in [4.69, 9.17) is 10.7 Å². The number of hydrogen-bond donors (Lipinski definition) is 0. The minimum Gasteiger partial charge on any atom is -0.677 e. The summed E-state index contributed by atoms with van der Waals surface area (Å²) in [5.41, 5.74) is 10.7. The Morgan fingerprint density at radius 1 is 1.04 bits per heavy atom. The van der Waals surface area contributed by atoms with E-state index < -0.39 is 0 Å². The Bertz CT molecular complexity index is 825. The zero-order valence-electron chi connectivity index (χ0n) is 13.2. The number of thiazole rings is 1. The summed E-state index contributed by atoms with van der Waals surface area (Å²) in [5, 5.41) is 2.15. The van der Waals surface area contributed by atoms with Crippen molar-refractivity contribution in [3.63, 3.8) is 0 Å². The van der Waals surface area contributed by atoms with Crippen LogP contribution < -0.4 is 4.80 Å². The van der Waals surface area contributed by atoms with Gasteiger partial charge in [0.1, 0.15) is 0 Å². The minimum atomic E-state index is 0. The van der Waals surface area contributed by atoms with Crippen LogP contribution in [0.2, 0.25) is 0 Å². The first-order valence-electron chi connectivity index (χ1n) is 7.46. The molecule has 1 aromatic heterocycles. The minimum absolute atomic E-state index is 0. The Kier molecular flexibility index (Phi) is 8.39. The van der Waals surface area contributed by atoms with Gasteiger partial charge in [0.15, 0.2) is 4.80 Å². The summed E-state index contributed by atoms with van der Waals surface area (Å²) in [7, 11) is 0. The largest absolute Gasteiger partial charge is 0.677 e. The second-order valence-corrected chi connectivity index (χ2v) is 6.87. The van der Waals surface area contributed by atoms with E-state index in [9.17, 15) is 0 Å². The molecule has 0 bridgehead atoms. The average Bonchev–Trinajstić information content (AvgIpc) is 2.97. The molecule has 0 unspecified atom stereocenters. The monoisotopic (exact) mass is 613 g/mol. The maximum Gasteiger partial charge on any atom is 0.190 e. The van der Waals surface area contributed by atoms with Crippen LogP contribution in [0.4, 0.5) is 5.69 Å². The number of hydrogen-bond acceptors (Lipinski definition) is 2. The van der Waals surface area contributed by atoms with Crippen LogP contribution in [0.1, 0.15) is 6.42 Å². The van der Waals surface area contributed by atoms with Crippen LogP contribution in [0.3, 0.4) is 0 Å². The first kappa shape index (κ1) is 20.1. The van der Waals surface area contributed by atoms with Crippen molar-refractivity contribution in [2.24, 2.45) is 4.99 Å². The van der Waals surface area contributed by atoms with E-state index in [2.05, 4.69) is 50.1 Å². The topological polar surface area (TPSA) is 41.1 Å². The number of aromatic nitrogens is 1. The van der Waals surface area contributed by atoms with Crippen molar-refractivity contribution in [2.45, 2.75) is 13.0 Å². The molecule has 6 heteroatoms. The molecule has 3 aromatic rings. The standard InChI is InChI=1S/C18H17BrN3S.Ac/c19-15-9-7-14(8-10-15)17-13-23-18(22(17)12-4-11-20)21-16-5-2-1-3-6-16;/h1-3,5-10,13,20H,4,11-12H2;/q-1;. The average molecular weight is 614 g/mol. The van der Waals surface area contributed by atoms with Gasteiger partial charge in [-0.2, -0.15) is 0 Å². The molecule has 0 spiro atoms. The van der Waals surface area contributed by atoms with Gasteiger partial charge in [0, 0.05) is 60.5 Å². The first-order chi connectivity index (χ1) is 11.3. The Hall–Kier alpha value is -0.248. The van der Waals surface area contributed by atoms with Crippen molar-refractivity contribution in [3.8, 4) is 11.3 Å². The Balaban J connectivity index is 0.00000208. The predicted molar refractivity (Wildman–Crippen MR) is 101 cm³/mol. The molecular weight excluding hydrogens is 597 g/mol. The van der Waals surface area contributed by atoms with Crippen LogP contribution in [-0.2, 0) is 6.54 Å². The van der Waals surface area contributed by atoms with Crippen molar-refractivity contribution >= 4 is 33.0 Å². The van der Waals surface area contributed by atoms with Gasteiger partial charge in [0.05, 0.1) is 11.4 Å². The summed E-state index contributed by atoms with van der Waals surface area (Å²) < 4.78 is 3.29. The van der Waals surface area contributed by atoms with Gasteiger partial charge in [-0.3, -0.25) is 0 Å². The molecule has 1 radical (unpaired) electrons. The maximum absolute atomic E-state index is 7.45. The Morgan fingerprint density at radius 2 is 1.75 bits per heavy atom. The van der Waals surface area contributed by atoms with Crippen molar-refractivity contribution < 1.29 is 44.1 Å². The fourth-order valence-corrected chi connectivity index (χ4v) is 3.56. The maximum atomic E-state index is 7.45. The van der Waals surface area contributed by atoms with Crippen LogP contribution in [0.15, 0.2) is 69.4 Å². The smallest absolute Gasteiger partial charge is 0.190 e. The summed E-state index contributed by atoms with van der Waals surface area (Å²) >= 11 is 5.12. The quantitative estimate of drug-likeness (QED) is 0.357. The number of para-hydroxylation sites is 1. The molecule has 3 nitrogen and oxygen atoms in total. The van der Waals surface area contributed by atoms with Crippen LogP contribution in [0, 0.1) is 44.1 Å². The number of benzene rings is 2. The zero-order chi connectivity index (χ0) is 16.1. The van der Waals surface area contributed by atoms with Crippen LogP contribution >= 0.6 is 27.3 Å². The van der Waals surface area contributed by atoms with E-state index in [1.807, 2.05) is 30.3 Å². The van der Waals surface area contributed by atoms with E-state index in [1.165, 1.54) is 5.56 Å². The third-order valence-electron chi connectivity index (χ3n) is 3.48. The van der Waals surface area contributed by atoms with E-state index in [-0.39, 0.29) is 44.1 Å². The zero-order valence-corrected chi connectivity index (χ0v) is 20.3. The Morgan fingerprint density at radius 3 is 2.42 bits per heavy atom. The van der Waals surface area contributed by atoms with Crippen LogP contribution in [0.25, 0.3) is 17.0 Å². The summed E-state index contributed by atoms with van der Waals surface area (Å²) in [6.07, 6.45) is 0.822. The molecule has 1 N–H and O–H groups in total. The molecule has 3 rings (SSSR count). The molecule has 24 heavy (non-hydrogen) atoms. The predicted octanol–water partition coefficient (Wildman–Crippen LogP) is 5.65. The van der Waals surface area contributed by atoms with E-state index in [1.54, 1.807) is 11.3 Å². The van der Waals surface area contributed by atoms with Crippen LogP contribution in [-0.4, -0.2) is 11.1 Å². The second-order valence-electron chi connectivity index (χ2n) is 5.11. The second kappa shape index (κ2) is 10.0. The molecule has 0 aliphatic rings. The SMILES string of the molecule is [Ac].[NH-]CCCn1c(-c2ccc(Br)cc2)csc1=Nc1ccccc1. The summed E-state index contributed by atoms with van der Waals surface area (Å²) in [6, 6.07) is 18.3. The normalized spacial score (nSPS) is 11.3. The molecule has 0 aliphatic carbocycles. The van der Waals surface area contributed by atoms with E-state index in [0.29, 0.717) is 6.54 Å². The molecule has 0 saturated heterocycles. The van der Waals surface area contributed by atoms with Gasteiger partial charge in [-0.25, -0.2) is 4.99 Å². The summed E-state index contributed by atoms with van der Waals surface area (Å²) in [4.78, 5) is 5.74. The molecule has 0 aliphatic heterocycles. The number of nitrogens with one attached hydrogen (secondary N) is 1. The van der Waals surface area contributed by atoms with Gasteiger partial charge < -0.3 is 10.3 Å². The van der Waals surface area contributed by atoms with Crippen LogP contribution in [0.5, 0.6) is 0 Å². The van der Waals surface area contributed by atoms with Gasteiger partial charge in [-0.1, -0.05) is 52.7 Å². The molecule has 0 amide bonds. The third kappa shape index (κ3) is 5.12. The van der Waals surface area contributed by atoms with Crippen molar-refractivity contribution in [1.82, 2.24) is 4.57 Å². The van der Waals surface area contributed by atoms with E-state index >= 15 is 0 Å². The van der Waals surface area contributed by atoms with E-state index in [0.717, 1.165) is 33.6 Å². The molecule has 0 fully saturated rings. The third-order valence-corrected chi connectivity index (χ3v) is 4.87. The molecular formula is C18H17AcBrN3S-. The van der Waals surface area contributed by atoms with Gasteiger partial charge in [-0.05, 0) is 29.8 Å². The van der Waals surface area contributed by atoms with Crippen molar-refractivity contribution in [2.75, 3.05) is 6.54 Å². The molecule has 2 aromatic carbocycles. The number of rotatable bonds is 5. The van der Waals surface area contributed by atoms with Crippen molar-refractivity contribution in [3.05, 3.63) is 75.0 Å². The summed E-state index contributed by atoms with van der Waals surface area (Å²) in [5.74, 6) is 0. The van der Waals surface area contributed by atoms with Gasteiger partial charge in [-0.15, -0.1) is 17.9 Å². The number of halogens is 1. The Labute approximate surface area is 190 Å².